The maximum atomic E-state index is 12.9. The summed E-state index contributed by atoms with van der Waals surface area (Å²) in [5.74, 6) is -0.456. The van der Waals surface area contributed by atoms with E-state index in [0.29, 0.717) is 0 Å². The summed E-state index contributed by atoms with van der Waals surface area (Å²) < 4.78 is 17.9. The highest BCUT2D eigenvalue weighted by Crippen LogP contribution is 2.17. The third-order valence-electron chi connectivity index (χ3n) is 2.02. The molecule has 66 valence electrons. The van der Waals surface area contributed by atoms with Gasteiger partial charge in [-0.2, -0.15) is 5.26 Å². The number of nitrogens with zero attached hydrogens (tertiary/aromatic N) is 1. The van der Waals surface area contributed by atoms with Crippen LogP contribution in [-0.2, 0) is 11.2 Å². The Bertz CT molecular complexity index is 366. The fourth-order valence-electron chi connectivity index (χ4n) is 1.23. The van der Waals surface area contributed by atoms with Crippen molar-refractivity contribution < 1.29 is 9.13 Å². The SMILES string of the molecule is N#Cc1cc(CC2CO2)ccc1F. The Morgan fingerprint density at radius 1 is 1.62 bits per heavy atom. The molecule has 0 radical (unpaired) electrons. The molecule has 1 atom stereocenters. The lowest BCUT2D eigenvalue weighted by atomic mass is 10.1. The van der Waals surface area contributed by atoms with Gasteiger partial charge in [0.2, 0.25) is 0 Å². The summed E-state index contributed by atoms with van der Waals surface area (Å²) in [6.45, 7) is 0.777. The van der Waals surface area contributed by atoms with Crippen molar-refractivity contribution in [3.05, 3.63) is 35.1 Å². The molecule has 0 amide bonds. The van der Waals surface area contributed by atoms with Gasteiger partial charge in [0.1, 0.15) is 11.9 Å². The summed E-state index contributed by atoms with van der Waals surface area (Å²) in [5.41, 5.74) is 1.07. The monoisotopic (exact) mass is 177 g/mol. The first kappa shape index (κ1) is 8.21. The summed E-state index contributed by atoms with van der Waals surface area (Å²) >= 11 is 0. The molecule has 1 saturated heterocycles. The van der Waals surface area contributed by atoms with Crippen LogP contribution in [0.1, 0.15) is 11.1 Å². The zero-order valence-electron chi connectivity index (χ0n) is 6.96. The summed E-state index contributed by atoms with van der Waals surface area (Å²) in [7, 11) is 0. The normalized spacial score (nSPS) is 19.5. The van der Waals surface area contributed by atoms with E-state index in [9.17, 15) is 4.39 Å². The van der Waals surface area contributed by atoms with E-state index in [-0.39, 0.29) is 11.7 Å². The lowest BCUT2D eigenvalue weighted by Gasteiger charge is -1.98. The van der Waals surface area contributed by atoms with Gasteiger partial charge >= 0.3 is 0 Å². The number of ether oxygens (including phenoxy) is 1. The molecule has 1 aromatic rings. The average Bonchev–Trinajstić information content (AvgIpc) is 2.92. The fourth-order valence-corrected chi connectivity index (χ4v) is 1.23. The average molecular weight is 177 g/mol. The molecule has 13 heavy (non-hydrogen) atoms. The lowest BCUT2D eigenvalue weighted by molar-refractivity contribution is 0.407. The third-order valence-corrected chi connectivity index (χ3v) is 2.02. The van der Waals surface area contributed by atoms with Gasteiger partial charge in [-0.3, -0.25) is 0 Å². The summed E-state index contributed by atoms with van der Waals surface area (Å²) in [4.78, 5) is 0. The van der Waals surface area contributed by atoms with Crippen molar-refractivity contribution in [2.75, 3.05) is 6.61 Å². The molecule has 1 heterocycles. The van der Waals surface area contributed by atoms with Crippen molar-refractivity contribution in [2.24, 2.45) is 0 Å². The van der Waals surface area contributed by atoms with Gasteiger partial charge in [-0.15, -0.1) is 0 Å². The zero-order chi connectivity index (χ0) is 9.26. The van der Waals surface area contributed by atoms with Crippen molar-refractivity contribution in [3.8, 4) is 6.07 Å². The number of nitriles is 1. The molecule has 0 aromatic heterocycles. The Hall–Kier alpha value is -1.40. The van der Waals surface area contributed by atoms with Crippen molar-refractivity contribution in [1.29, 1.82) is 5.26 Å². The van der Waals surface area contributed by atoms with E-state index >= 15 is 0 Å². The zero-order valence-corrected chi connectivity index (χ0v) is 6.96. The van der Waals surface area contributed by atoms with Gasteiger partial charge in [0, 0.05) is 6.42 Å². The number of hydrogen-bond acceptors (Lipinski definition) is 2. The number of epoxide rings is 1. The predicted octanol–water partition coefficient (Wildman–Crippen LogP) is 1.64. The summed E-state index contributed by atoms with van der Waals surface area (Å²) in [5, 5.41) is 8.57. The largest absolute Gasteiger partial charge is 0.373 e. The van der Waals surface area contributed by atoms with E-state index in [0.717, 1.165) is 18.6 Å². The van der Waals surface area contributed by atoms with Gasteiger partial charge in [0.05, 0.1) is 18.3 Å². The molecule has 2 rings (SSSR count). The Morgan fingerprint density at radius 3 is 3.00 bits per heavy atom. The Morgan fingerprint density at radius 2 is 2.38 bits per heavy atom. The van der Waals surface area contributed by atoms with Crippen molar-refractivity contribution in [2.45, 2.75) is 12.5 Å². The van der Waals surface area contributed by atoms with Gasteiger partial charge in [-0.25, -0.2) is 4.39 Å². The summed E-state index contributed by atoms with van der Waals surface area (Å²) in [6.07, 6.45) is 1.05. The first-order chi connectivity index (χ1) is 6.29. The van der Waals surface area contributed by atoms with Crippen LogP contribution in [0, 0.1) is 17.1 Å². The number of benzene rings is 1. The van der Waals surface area contributed by atoms with Gasteiger partial charge in [-0.05, 0) is 17.7 Å². The second-order valence-electron chi connectivity index (χ2n) is 3.09. The molecule has 0 bridgehead atoms. The van der Waals surface area contributed by atoms with Crippen molar-refractivity contribution in [1.82, 2.24) is 0 Å². The van der Waals surface area contributed by atoms with Crippen LogP contribution in [0.15, 0.2) is 18.2 Å². The Balaban J connectivity index is 2.22. The minimum atomic E-state index is -0.456. The molecule has 0 spiro atoms. The van der Waals surface area contributed by atoms with Crippen LogP contribution in [-0.4, -0.2) is 12.7 Å². The summed E-state index contributed by atoms with van der Waals surface area (Å²) in [6, 6.07) is 6.42. The molecule has 1 aliphatic heterocycles. The molecule has 0 N–H and O–H groups in total. The topological polar surface area (TPSA) is 36.3 Å². The van der Waals surface area contributed by atoms with Crippen LogP contribution in [0.25, 0.3) is 0 Å². The minimum Gasteiger partial charge on any atom is -0.373 e. The number of rotatable bonds is 2. The van der Waals surface area contributed by atoms with E-state index in [4.69, 9.17) is 10.00 Å². The second-order valence-corrected chi connectivity index (χ2v) is 3.09. The first-order valence-corrected chi connectivity index (χ1v) is 4.10. The van der Waals surface area contributed by atoms with Gasteiger partial charge < -0.3 is 4.74 Å². The highest BCUT2D eigenvalue weighted by molar-refractivity contribution is 5.34. The molecular formula is C10H8FNO. The van der Waals surface area contributed by atoms with Gasteiger partial charge in [0.15, 0.2) is 0 Å². The third kappa shape index (κ3) is 1.85. The fraction of sp³-hybridized carbons (Fsp3) is 0.300. The molecule has 1 unspecified atom stereocenters. The molecule has 2 nitrogen and oxygen atoms in total. The van der Waals surface area contributed by atoms with E-state index in [1.807, 2.05) is 6.07 Å². The standard InChI is InChI=1S/C10H8FNO/c11-10-2-1-7(3-8(10)5-12)4-9-6-13-9/h1-3,9H,4,6H2. The van der Waals surface area contributed by atoms with E-state index in [2.05, 4.69) is 0 Å². The van der Waals surface area contributed by atoms with E-state index in [1.54, 1.807) is 12.1 Å². The van der Waals surface area contributed by atoms with Crippen LogP contribution in [0.5, 0.6) is 0 Å². The minimum absolute atomic E-state index is 0.109. The van der Waals surface area contributed by atoms with Crippen LogP contribution in [0.2, 0.25) is 0 Å². The molecular weight excluding hydrogens is 169 g/mol. The number of hydrogen-bond donors (Lipinski definition) is 0. The quantitative estimate of drug-likeness (QED) is 0.644. The maximum absolute atomic E-state index is 12.9. The smallest absolute Gasteiger partial charge is 0.140 e. The van der Waals surface area contributed by atoms with Crippen LogP contribution >= 0.6 is 0 Å². The molecule has 0 saturated carbocycles. The molecule has 1 fully saturated rings. The van der Waals surface area contributed by atoms with Crippen LogP contribution in [0.3, 0.4) is 0 Å². The number of halogens is 1. The van der Waals surface area contributed by atoms with E-state index in [1.165, 1.54) is 6.07 Å². The van der Waals surface area contributed by atoms with Crippen molar-refractivity contribution in [3.63, 3.8) is 0 Å². The first-order valence-electron chi connectivity index (χ1n) is 4.10. The maximum Gasteiger partial charge on any atom is 0.140 e. The van der Waals surface area contributed by atoms with Crippen molar-refractivity contribution >= 4 is 0 Å². The lowest BCUT2D eigenvalue weighted by Crippen LogP contribution is -1.94. The molecule has 0 aliphatic carbocycles. The van der Waals surface area contributed by atoms with Gasteiger partial charge in [-0.1, -0.05) is 6.07 Å². The molecule has 1 aromatic carbocycles. The second kappa shape index (κ2) is 3.15. The Labute approximate surface area is 75.6 Å². The van der Waals surface area contributed by atoms with Gasteiger partial charge in [0.25, 0.3) is 0 Å². The Kier molecular flexibility index (Phi) is 1.99. The highest BCUT2D eigenvalue weighted by Gasteiger charge is 2.22. The predicted molar refractivity (Wildman–Crippen MR) is 44.6 cm³/mol. The molecule has 3 heteroatoms. The van der Waals surface area contributed by atoms with Crippen LogP contribution < -0.4 is 0 Å². The van der Waals surface area contributed by atoms with E-state index < -0.39 is 5.82 Å². The molecule has 1 aliphatic rings. The van der Waals surface area contributed by atoms with Crippen LogP contribution in [0.4, 0.5) is 4.39 Å². The highest BCUT2D eigenvalue weighted by atomic mass is 19.1.